The van der Waals surface area contributed by atoms with Crippen molar-refractivity contribution < 1.29 is 22.0 Å². The standard InChI is InChI=1S/C8H14NO2S.ClH/c1-3-12(4-2)9-7(10)5-6-8(9)11;/h3-6H2,1-2H3;1H/q+1;/p-1. The lowest BCUT2D eigenvalue weighted by molar-refractivity contribution is -0.132. The number of nitrogens with zero attached hydrogens (tertiary/aromatic N) is 1. The minimum absolute atomic E-state index is 0. The summed E-state index contributed by atoms with van der Waals surface area (Å²) in [6, 6.07) is 0. The van der Waals surface area contributed by atoms with Crippen molar-refractivity contribution >= 4 is 22.9 Å². The minimum atomic E-state index is -0.140. The van der Waals surface area contributed by atoms with Crippen LogP contribution in [0.4, 0.5) is 0 Å². The average molecular weight is 224 g/mol. The van der Waals surface area contributed by atoms with E-state index < -0.39 is 0 Å². The van der Waals surface area contributed by atoms with Crippen LogP contribution >= 0.6 is 0 Å². The molecule has 0 aliphatic carbocycles. The first-order valence-corrected chi connectivity index (χ1v) is 5.76. The number of rotatable bonds is 3. The largest absolute Gasteiger partial charge is 1.00 e. The van der Waals surface area contributed by atoms with Crippen LogP contribution in [0.5, 0.6) is 0 Å². The lowest BCUT2D eigenvalue weighted by atomic mass is 10.4. The van der Waals surface area contributed by atoms with Gasteiger partial charge in [0.1, 0.15) is 22.6 Å². The molecule has 5 heteroatoms. The number of imide groups is 1. The Kier molecular flexibility index (Phi) is 5.40. The fourth-order valence-electron chi connectivity index (χ4n) is 1.31. The van der Waals surface area contributed by atoms with Gasteiger partial charge in [-0.15, -0.1) is 0 Å². The van der Waals surface area contributed by atoms with Gasteiger partial charge in [-0.25, -0.2) is 0 Å². The van der Waals surface area contributed by atoms with Gasteiger partial charge in [0.25, 0.3) is 11.8 Å². The van der Waals surface area contributed by atoms with E-state index >= 15 is 0 Å². The first kappa shape index (κ1) is 12.8. The van der Waals surface area contributed by atoms with E-state index in [1.165, 1.54) is 4.31 Å². The van der Waals surface area contributed by atoms with Gasteiger partial charge in [-0.2, -0.15) is 0 Å². The molecule has 0 bridgehead atoms. The third-order valence-corrected chi connectivity index (χ3v) is 4.19. The molecule has 0 spiro atoms. The molecule has 0 aromatic rings. The summed E-state index contributed by atoms with van der Waals surface area (Å²) in [5, 5.41) is 0. The van der Waals surface area contributed by atoms with E-state index in [0.717, 1.165) is 11.5 Å². The number of carbonyl (C=O) groups is 2. The molecule has 0 aromatic heterocycles. The Hall–Kier alpha value is -0.220. The number of halogens is 1. The predicted octanol–water partition coefficient (Wildman–Crippen LogP) is -2.29. The predicted molar refractivity (Wildman–Crippen MR) is 49.5 cm³/mol. The number of amides is 2. The summed E-state index contributed by atoms with van der Waals surface area (Å²) >= 11 is -0.140. The summed E-state index contributed by atoms with van der Waals surface area (Å²) in [5.74, 6) is 1.83. The fraction of sp³-hybridized carbons (Fsp3) is 0.750. The Labute approximate surface area is 87.8 Å². The van der Waals surface area contributed by atoms with E-state index in [1.807, 2.05) is 13.8 Å². The SMILES string of the molecule is CC[S+](CC)N1C(=O)CCC1=O.[Cl-]. The highest BCUT2D eigenvalue weighted by Gasteiger charge is 2.40. The molecule has 0 saturated carbocycles. The monoisotopic (exact) mass is 223 g/mol. The van der Waals surface area contributed by atoms with E-state index in [9.17, 15) is 9.59 Å². The molecule has 13 heavy (non-hydrogen) atoms. The van der Waals surface area contributed by atoms with Crippen LogP contribution in [0, 0.1) is 0 Å². The first-order chi connectivity index (χ1) is 5.70. The molecule has 2 amide bonds. The van der Waals surface area contributed by atoms with E-state index in [1.54, 1.807) is 0 Å². The van der Waals surface area contributed by atoms with Gasteiger partial charge in [-0.3, -0.25) is 9.59 Å². The molecule has 1 saturated heterocycles. The van der Waals surface area contributed by atoms with Crippen molar-refractivity contribution in [3.05, 3.63) is 0 Å². The molecule has 0 atom stereocenters. The van der Waals surface area contributed by atoms with E-state index in [2.05, 4.69) is 0 Å². The summed E-state index contributed by atoms with van der Waals surface area (Å²) in [6.07, 6.45) is 0.838. The van der Waals surface area contributed by atoms with Gasteiger partial charge in [0, 0.05) is 12.8 Å². The van der Waals surface area contributed by atoms with Gasteiger partial charge in [0.2, 0.25) is 0 Å². The maximum absolute atomic E-state index is 11.3. The minimum Gasteiger partial charge on any atom is -1.00 e. The van der Waals surface area contributed by atoms with E-state index in [0.29, 0.717) is 12.8 Å². The number of hydrogen-bond donors (Lipinski definition) is 0. The van der Waals surface area contributed by atoms with Crippen molar-refractivity contribution in [2.24, 2.45) is 0 Å². The highest BCUT2D eigenvalue weighted by atomic mass is 35.5. The highest BCUT2D eigenvalue weighted by molar-refractivity contribution is 7.95. The van der Waals surface area contributed by atoms with Crippen molar-refractivity contribution in [3.8, 4) is 0 Å². The highest BCUT2D eigenvalue weighted by Crippen LogP contribution is 2.18. The lowest BCUT2D eigenvalue weighted by Gasteiger charge is -2.11. The van der Waals surface area contributed by atoms with E-state index in [4.69, 9.17) is 0 Å². The summed E-state index contributed by atoms with van der Waals surface area (Å²) < 4.78 is 1.47. The second kappa shape index (κ2) is 5.50. The zero-order valence-electron chi connectivity index (χ0n) is 7.88. The molecule has 1 aliphatic rings. The fourth-order valence-corrected chi connectivity index (χ4v) is 2.99. The van der Waals surface area contributed by atoms with Crippen molar-refractivity contribution in [3.63, 3.8) is 0 Å². The third-order valence-electron chi connectivity index (χ3n) is 1.93. The van der Waals surface area contributed by atoms with E-state index in [-0.39, 0.29) is 35.3 Å². The first-order valence-electron chi connectivity index (χ1n) is 4.24. The number of carbonyl (C=O) groups excluding carboxylic acids is 2. The Morgan fingerprint density at radius 2 is 1.54 bits per heavy atom. The van der Waals surface area contributed by atoms with Crippen molar-refractivity contribution in [1.29, 1.82) is 0 Å². The maximum Gasteiger partial charge on any atom is 0.273 e. The summed E-state index contributed by atoms with van der Waals surface area (Å²) in [7, 11) is 0. The van der Waals surface area contributed by atoms with Crippen molar-refractivity contribution in [2.75, 3.05) is 11.5 Å². The van der Waals surface area contributed by atoms with Gasteiger partial charge in [-0.1, -0.05) is 4.31 Å². The molecule has 1 aliphatic heterocycles. The Balaban J connectivity index is 0.00000144. The molecule has 0 unspecified atom stereocenters. The molecule has 0 N–H and O–H groups in total. The van der Waals surface area contributed by atoms with Crippen LogP contribution in [0.15, 0.2) is 0 Å². The van der Waals surface area contributed by atoms with Gasteiger partial charge in [-0.05, 0) is 13.8 Å². The van der Waals surface area contributed by atoms with Crippen molar-refractivity contribution in [1.82, 2.24) is 4.31 Å². The number of hydrogen-bond acceptors (Lipinski definition) is 2. The van der Waals surface area contributed by atoms with Crippen LogP contribution in [0.1, 0.15) is 26.7 Å². The summed E-state index contributed by atoms with van der Waals surface area (Å²) in [5.41, 5.74) is 0. The Morgan fingerprint density at radius 1 is 1.15 bits per heavy atom. The molecule has 1 heterocycles. The molecule has 1 fully saturated rings. The maximum atomic E-state index is 11.3. The van der Waals surface area contributed by atoms with Crippen LogP contribution in [0.25, 0.3) is 0 Å². The smallest absolute Gasteiger partial charge is 0.273 e. The van der Waals surface area contributed by atoms with Gasteiger partial charge < -0.3 is 12.4 Å². The zero-order valence-corrected chi connectivity index (χ0v) is 9.45. The molecule has 0 radical (unpaired) electrons. The van der Waals surface area contributed by atoms with Crippen molar-refractivity contribution in [2.45, 2.75) is 26.7 Å². The lowest BCUT2D eigenvalue weighted by Crippen LogP contribution is -3.00. The molecular weight excluding hydrogens is 210 g/mol. The second-order valence-electron chi connectivity index (χ2n) is 2.62. The molecule has 3 nitrogen and oxygen atoms in total. The zero-order chi connectivity index (χ0) is 9.14. The quantitative estimate of drug-likeness (QED) is 0.399. The van der Waals surface area contributed by atoms with Gasteiger partial charge >= 0.3 is 0 Å². The normalized spacial score (nSPS) is 16.7. The summed E-state index contributed by atoms with van der Waals surface area (Å²) in [4.78, 5) is 22.5. The van der Waals surface area contributed by atoms with Gasteiger partial charge in [0.15, 0.2) is 0 Å². The summed E-state index contributed by atoms with van der Waals surface area (Å²) in [6.45, 7) is 4.04. The van der Waals surface area contributed by atoms with Crippen LogP contribution in [0.2, 0.25) is 0 Å². The molecule has 0 aromatic carbocycles. The molecule has 1 rings (SSSR count). The Morgan fingerprint density at radius 3 is 1.85 bits per heavy atom. The van der Waals surface area contributed by atoms with Crippen LogP contribution in [0.3, 0.4) is 0 Å². The van der Waals surface area contributed by atoms with Crippen LogP contribution in [-0.2, 0) is 20.7 Å². The topological polar surface area (TPSA) is 37.4 Å². The van der Waals surface area contributed by atoms with Gasteiger partial charge in [0.05, 0.1) is 0 Å². The molecular formula is C8H14ClNO2S. The third kappa shape index (κ3) is 2.61. The average Bonchev–Trinajstić information content (AvgIpc) is 2.38. The molecule has 76 valence electrons. The second-order valence-corrected chi connectivity index (χ2v) is 5.07. The Bertz CT molecular complexity index is 190. The van der Waals surface area contributed by atoms with Crippen LogP contribution in [-0.4, -0.2) is 27.6 Å². The van der Waals surface area contributed by atoms with Crippen LogP contribution < -0.4 is 12.4 Å².